The molecule has 3 nitrogen and oxygen atoms in total. The van der Waals surface area contributed by atoms with Crippen molar-refractivity contribution in [1.82, 2.24) is 0 Å². The quantitative estimate of drug-likeness (QED) is 0.0774. The molecule has 0 radical (unpaired) electrons. The number of ether oxygens (including phenoxy) is 1. The first-order valence-electron chi connectivity index (χ1n) is 15.3. The summed E-state index contributed by atoms with van der Waals surface area (Å²) in [6.45, 7) is 9.20. The van der Waals surface area contributed by atoms with Crippen LogP contribution in [0.15, 0.2) is 109 Å². The van der Waals surface area contributed by atoms with Crippen molar-refractivity contribution in [2.24, 2.45) is 0 Å². The second-order valence-electron chi connectivity index (χ2n) is 11.5. The molecule has 222 valence electrons. The number of carbonyl (C=O) groups is 1. The van der Waals surface area contributed by atoms with Gasteiger partial charge in [-0.1, -0.05) is 150 Å². The number of rotatable bonds is 18. The molecule has 0 aliphatic carbocycles. The van der Waals surface area contributed by atoms with Crippen LogP contribution in [0.25, 0.3) is 0 Å². The molecule has 2 aromatic rings. The average molecular weight is 573 g/mol. The van der Waals surface area contributed by atoms with E-state index >= 15 is 0 Å². The maximum Gasteiger partial charge on any atom is 0.305 e. The fourth-order valence-electron chi connectivity index (χ4n) is 5.03. The molecule has 2 rings (SSSR count). The number of methoxy groups -OCH3 is 1. The summed E-state index contributed by atoms with van der Waals surface area (Å²) in [5, 5.41) is 2.48. The number of allylic oxidation sites excluding steroid dienone is 6. The van der Waals surface area contributed by atoms with Crippen LogP contribution in [0.3, 0.4) is 0 Å². The highest BCUT2D eigenvalue weighted by molar-refractivity contribution is 6.99. The molecule has 0 spiro atoms. The third-order valence-electron chi connectivity index (χ3n) is 7.21. The van der Waals surface area contributed by atoms with Crippen molar-refractivity contribution in [3.8, 4) is 0 Å². The molecule has 0 amide bonds. The number of unbranched alkanes of at least 4 members (excludes halogenated alkanes) is 4. The lowest BCUT2D eigenvalue weighted by molar-refractivity contribution is -0.140. The Morgan fingerprint density at radius 2 is 1.27 bits per heavy atom. The van der Waals surface area contributed by atoms with Crippen molar-refractivity contribution < 1.29 is 14.0 Å². The number of benzene rings is 2. The molecule has 1 atom stereocenters. The summed E-state index contributed by atoms with van der Waals surface area (Å²) in [5.41, 5.74) is 0. The Labute approximate surface area is 251 Å². The summed E-state index contributed by atoms with van der Waals surface area (Å²) >= 11 is 0. The van der Waals surface area contributed by atoms with Crippen LogP contribution >= 0.6 is 0 Å². The van der Waals surface area contributed by atoms with Crippen molar-refractivity contribution in [2.45, 2.75) is 96.6 Å². The molecule has 41 heavy (non-hydrogen) atoms. The van der Waals surface area contributed by atoms with E-state index < -0.39 is 8.32 Å². The summed E-state index contributed by atoms with van der Waals surface area (Å²) in [6, 6.07) is 21.6. The van der Waals surface area contributed by atoms with Gasteiger partial charge in [-0.2, -0.15) is 0 Å². The lowest BCUT2D eigenvalue weighted by atomic mass is 10.2. The molecule has 2 aromatic carbocycles. The first-order valence-corrected chi connectivity index (χ1v) is 17.2. The van der Waals surface area contributed by atoms with Gasteiger partial charge in [-0.3, -0.25) is 4.79 Å². The van der Waals surface area contributed by atoms with Gasteiger partial charge in [0, 0.05) is 6.42 Å². The zero-order valence-corrected chi connectivity index (χ0v) is 27.1. The van der Waals surface area contributed by atoms with Gasteiger partial charge in [0.05, 0.1) is 13.2 Å². The zero-order chi connectivity index (χ0) is 29.8. The SMILES string of the molecule is CCCCC/C=C\C/C=C\[C@H](/C=C\C/C=C\CCCC(=O)OC)O[Si](c1ccccc1)(c1ccccc1)C(C)(C)C. The molecule has 0 aromatic heterocycles. The summed E-state index contributed by atoms with van der Waals surface area (Å²) in [6.07, 6.45) is 26.4. The van der Waals surface area contributed by atoms with Crippen molar-refractivity contribution in [2.75, 3.05) is 7.11 Å². The summed E-state index contributed by atoms with van der Waals surface area (Å²) in [4.78, 5) is 11.3. The van der Waals surface area contributed by atoms with Crippen LogP contribution in [-0.4, -0.2) is 27.5 Å². The molecule has 0 bridgehead atoms. The molecule has 0 aliphatic rings. The lowest BCUT2D eigenvalue weighted by Gasteiger charge is -2.44. The molecular formula is C37H52O3Si. The van der Waals surface area contributed by atoms with Gasteiger partial charge in [0.1, 0.15) is 0 Å². The summed E-state index contributed by atoms with van der Waals surface area (Å²) in [7, 11) is -1.25. The standard InChI is InChI=1S/C37H52O3Si/c1-6-7-8-9-10-11-14-19-26-33(27-20-15-12-13-16-25-32-36(38)39-5)40-41(37(2,3)4,34-28-21-17-22-29-34)35-30-23-18-24-31-35/h10-13,17-24,26-31,33H,6-9,14-16,25,32H2,1-5H3/b11-10-,13-12-,26-19-,27-20-/t33-/m1/s1. The Morgan fingerprint density at radius 3 is 1.73 bits per heavy atom. The number of hydrogen-bond acceptors (Lipinski definition) is 3. The topological polar surface area (TPSA) is 35.5 Å². The molecule has 0 saturated heterocycles. The van der Waals surface area contributed by atoms with E-state index in [4.69, 9.17) is 9.16 Å². The van der Waals surface area contributed by atoms with Crippen LogP contribution in [-0.2, 0) is 14.0 Å². The monoisotopic (exact) mass is 572 g/mol. The maximum absolute atomic E-state index is 11.3. The first kappa shape index (κ1) is 34.2. The van der Waals surface area contributed by atoms with Gasteiger partial charge < -0.3 is 9.16 Å². The molecule has 4 heteroatoms. The lowest BCUT2D eigenvalue weighted by Crippen LogP contribution is -2.67. The number of hydrogen-bond donors (Lipinski definition) is 0. The van der Waals surface area contributed by atoms with Gasteiger partial charge in [0.15, 0.2) is 0 Å². The van der Waals surface area contributed by atoms with E-state index in [-0.39, 0.29) is 17.1 Å². The summed E-state index contributed by atoms with van der Waals surface area (Å²) < 4.78 is 12.1. The molecule has 0 saturated carbocycles. The van der Waals surface area contributed by atoms with E-state index in [9.17, 15) is 4.79 Å². The van der Waals surface area contributed by atoms with Crippen LogP contribution in [0.5, 0.6) is 0 Å². The van der Waals surface area contributed by atoms with Crippen molar-refractivity contribution >= 4 is 24.7 Å². The third-order valence-corrected chi connectivity index (χ3v) is 12.2. The first-order chi connectivity index (χ1) is 19.8. The van der Waals surface area contributed by atoms with Gasteiger partial charge in [-0.25, -0.2) is 0 Å². The van der Waals surface area contributed by atoms with E-state index in [0.29, 0.717) is 6.42 Å². The smallest absolute Gasteiger partial charge is 0.305 e. The predicted octanol–water partition coefficient (Wildman–Crippen LogP) is 8.86. The Bertz CT molecular complexity index is 1050. The van der Waals surface area contributed by atoms with E-state index in [0.717, 1.165) is 32.1 Å². The highest BCUT2D eigenvalue weighted by Crippen LogP contribution is 2.37. The van der Waals surface area contributed by atoms with E-state index in [2.05, 4.69) is 137 Å². The van der Waals surface area contributed by atoms with Gasteiger partial charge in [0.25, 0.3) is 8.32 Å². The molecule has 0 unspecified atom stereocenters. The van der Waals surface area contributed by atoms with Crippen molar-refractivity contribution in [1.29, 1.82) is 0 Å². The highest BCUT2D eigenvalue weighted by Gasteiger charge is 2.51. The van der Waals surface area contributed by atoms with Gasteiger partial charge in [0.2, 0.25) is 0 Å². The van der Waals surface area contributed by atoms with Crippen LogP contribution in [0, 0.1) is 0 Å². The number of esters is 1. The average Bonchev–Trinajstić information content (AvgIpc) is 2.98. The predicted molar refractivity (Wildman–Crippen MR) is 178 cm³/mol. The Morgan fingerprint density at radius 1 is 0.756 bits per heavy atom. The third kappa shape index (κ3) is 11.8. The van der Waals surface area contributed by atoms with Crippen molar-refractivity contribution in [3.05, 3.63) is 109 Å². The van der Waals surface area contributed by atoms with Crippen LogP contribution < -0.4 is 10.4 Å². The van der Waals surface area contributed by atoms with Gasteiger partial charge >= 0.3 is 5.97 Å². The fourth-order valence-corrected chi connectivity index (χ4v) is 9.61. The van der Waals surface area contributed by atoms with E-state index in [1.807, 2.05) is 0 Å². The van der Waals surface area contributed by atoms with E-state index in [1.165, 1.54) is 36.7 Å². The van der Waals surface area contributed by atoms with Crippen LogP contribution in [0.1, 0.15) is 85.5 Å². The minimum absolute atomic E-state index is 0.0889. The van der Waals surface area contributed by atoms with Gasteiger partial charge in [-0.15, -0.1) is 0 Å². The Hall–Kier alpha value is -2.95. The van der Waals surface area contributed by atoms with Crippen LogP contribution in [0.2, 0.25) is 5.04 Å². The second-order valence-corrected chi connectivity index (χ2v) is 15.7. The molecule has 0 heterocycles. The Balaban J connectivity index is 2.30. The molecule has 0 N–H and O–H groups in total. The van der Waals surface area contributed by atoms with E-state index in [1.54, 1.807) is 0 Å². The molecular weight excluding hydrogens is 520 g/mol. The maximum atomic E-state index is 11.3. The molecule has 0 fully saturated rings. The zero-order valence-electron chi connectivity index (χ0n) is 26.1. The second kappa shape index (κ2) is 19.2. The minimum Gasteiger partial charge on any atom is -0.469 e. The van der Waals surface area contributed by atoms with Crippen molar-refractivity contribution in [3.63, 3.8) is 0 Å². The minimum atomic E-state index is -2.69. The Kier molecular flexibility index (Phi) is 16.1. The highest BCUT2D eigenvalue weighted by atomic mass is 28.4. The fraction of sp³-hybridized carbons (Fsp3) is 0.432. The van der Waals surface area contributed by atoms with Crippen LogP contribution in [0.4, 0.5) is 0 Å². The number of carbonyl (C=O) groups excluding carboxylic acids is 1. The summed E-state index contributed by atoms with van der Waals surface area (Å²) in [5.74, 6) is -0.149. The largest absolute Gasteiger partial charge is 0.469 e. The van der Waals surface area contributed by atoms with Gasteiger partial charge in [-0.05, 0) is 53.9 Å². The normalized spacial score (nSPS) is 13.6. The molecule has 0 aliphatic heterocycles.